The van der Waals surface area contributed by atoms with Crippen molar-refractivity contribution in [3.8, 4) is 5.75 Å². The fourth-order valence-electron chi connectivity index (χ4n) is 1.61. The van der Waals surface area contributed by atoms with Crippen molar-refractivity contribution in [3.63, 3.8) is 0 Å². The summed E-state index contributed by atoms with van der Waals surface area (Å²) in [5, 5.41) is 3.22. The van der Waals surface area contributed by atoms with Gasteiger partial charge in [0.15, 0.2) is 0 Å². The van der Waals surface area contributed by atoms with E-state index >= 15 is 0 Å². The zero-order chi connectivity index (χ0) is 10.2. The molecule has 2 rings (SSSR count). The highest BCUT2D eigenvalue weighted by molar-refractivity contribution is 5.58. The molecule has 1 aromatic carbocycles. The van der Waals surface area contributed by atoms with Crippen molar-refractivity contribution in [2.24, 2.45) is 0 Å². The molecule has 0 bridgehead atoms. The maximum atomic E-state index is 13.2. The van der Waals surface area contributed by atoms with Gasteiger partial charge in [-0.25, -0.2) is 0 Å². The highest BCUT2D eigenvalue weighted by Gasteiger charge is 2.18. The first-order valence-corrected chi connectivity index (χ1v) is 4.79. The standard InChI is InChI=1S/C11H14FNO/c1-11(2,12)14-9-4-3-8-5-6-13-10(8)7-9/h3-4,7,13H,5-6H2,1-2H3. The summed E-state index contributed by atoms with van der Waals surface area (Å²) < 4.78 is 18.3. The lowest BCUT2D eigenvalue weighted by atomic mass is 10.1. The van der Waals surface area contributed by atoms with Gasteiger partial charge >= 0.3 is 0 Å². The van der Waals surface area contributed by atoms with Crippen LogP contribution in [0.3, 0.4) is 0 Å². The molecule has 0 spiro atoms. The van der Waals surface area contributed by atoms with Gasteiger partial charge in [-0.1, -0.05) is 6.07 Å². The third-order valence-corrected chi connectivity index (χ3v) is 2.15. The minimum atomic E-state index is -1.62. The predicted octanol–water partition coefficient (Wildman–Crippen LogP) is 2.74. The van der Waals surface area contributed by atoms with Gasteiger partial charge in [0.1, 0.15) is 5.75 Å². The van der Waals surface area contributed by atoms with Crippen LogP contribution in [0.5, 0.6) is 5.75 Å². The van der Waals surface area contributed by atoms with Crippen LogP contribution in [0, 0.1) is 0 Å². The molecule has 1 aliphatic heterocycles. The van der Waals surface area contributed by atoms with E-state index in [4.69, 9.17) is 4.74 Å². The van der Waals surface area contributed by atoms with Crippen molar-refractivity contribution >= 4 is 5.69 Å². The molecule has 1 aromatic rings. The van der Waals surface area contributed by atoms with Crippen LogP contribution in [0.25, 0.3) is 0 Å². The molecule has 0 fully saturated rings. The van der Waals surface area contributed by atoms with Crippen molar-refractivity contribution < 1.29 is 9.13 Å². The molecule has 14 heavy (non-hydrogen) atoms. The molecule has 0 saturated heterocycles. The van der Waals surface area contributed by atoms with Crippen LogP contribution in [0.15, 0.2) is 18.2 Å². The van der Waals surface area contributed by atoms with Gasteiger partial charge in [0, 0.05) is 32.1 Å². The lowest BCUT2D eigenvalue weighted by Crippen LogP contribution is -2.20. The van der Waals surface area contributed by atoms with E-state index in [1.807, 2.05) is 18.2 Å². The third kappa shape index (κ3) is 1.97. The number of anilines is 1. The molecule has 0 unspecified atom stereocenters. The predicted molar refractivity (Wildman–Crippen MR) is 54.5 cm³/mol. The second-order valence-corrected chi connectivity index (χ2v) is 3.96. The van der Waals surface area contributed by atoms with Crippen LogP contribution in [-0.2, 0) is 6.42 Å². The maximum Gasteiger partial charge on any atom is 0.242 e. The Bertz CT molecular complexity index is 344. The number of rotatable bonds is 2. The van der Waals surface area contributed by atoms with E-state index in [0.717, 1.165) is 18.7 Å². The van der Waals surface area contributed by atoms with Gasteiger partial charge in [0.25, 0.3) is 0 Å². The second kappa shape index (κ2) is 3.15. The summed E-state index contributed by atoms with van der Waals surface area (Å²) in [5.74, 6) is -1.04. The van der Waals surface area contributed by atoms with E-state index in [2.05, 4.69) is 5.32 Å². The minimum absolute atomic E-state index is 0.575. The molecule has 0 amide bonds. The van der Waals surface area contributed by atoms with Gasteiger partial charge < -0.3 is 10.1 Å². The lowest BCUT2D eigenvalue weighted by Gasteiger charge is -2.17. The quantitative estimate of drug-likeness (QED) is 0.783. The summed E-state index contributed by atoms with van der Waals surface area (Å²) in [6.45, 7) is 3.75. The van der Waals surface area contributed by atoms with E-state index in [1.54, 1.807) is 0 Å². The Kier molecular flexibility index (Phi) is 2.10. The van der Waals surface area contributed by atoms with Gasteiger partial charge in [0.2, 0.25) is 5.85 Å². The molecular weight excluding hydrogens is 181 g/mol. The Hall–Kier alpha value is -1.25. The summed E-state index contributed by atoms with van der Waals surface area (Å²) in [6.07, 6.45) is 1.04. The molecule has 0 saturated carbocycles. The SMILES string of the molecule is CC(C)(F)Oc1ccc2c(c1)NCC2. The topological polar surface area (TPSA) is 21.3 Å². The van der Waals surface area contributed by atoms with Crippen molar-refractivity contribution in [2.45, 2.75) is 26.1 Å². The van der Waals surface area contributed by atoms with Crippen LogP contribution >= 0.6 is 0 Å². The van der Waals surface area contributed by atoms with Crippen LogP contribution in [0.4, 0.5) is 10.1 Å². The fourth-order valence-corrected chi connectivity index (χ4v) is 1.61. The largest absolute Gasteiger partial charge is 0.458 e. The highest BCUT2D eigenvalue weighted by atomic mass is 19.2. The Morgan fingerprint density at radius 2 is 2.21 bits per heavy atom. The Balaban J connectivity index is 2.21. The summed E-state index contributed by atoms with van der Waals surface area (Å²) in [7, 11) is 0. The smallest absolute Gasteiger partial charge is 0.242 e. The Morgan fingerprint density at radius 1 is 1.43 bits per heavy atom. The van der Waals surface area contributed by atoms with E-state index in [1.165, 1.54) is 19.4 Å². The molecule has 0 aromatic heterocycles. The summed E-state index contributed by atoms with van der Waals surface area (Å²) in [4.78, 5) is 0. The number of nitrogens with one attached hydrogen (secondary N) is 1. The van der Waals surface area contributed by atoms with E-state index in [0.29, 0.717) is 5.75 Å². The molecule has 1 aliphatic rings. The Labute approximate surface area is 83.1 Å². The number of halogens is 1. The molecule has 2 nitrogen and oxygen atoms in total. The van der Waals surface area contributed by atoms with Crippen LogP contribution in [0.2, 0.25) is 0 Å². The number of ether oxygens (including phenoxy) is 1. The molecule has 3 heteroatoms. The summed E-state index contributed by atoms with van der Waals surface area (Å²) >= 11 is 0. The molecule has 0 atom stereocenters. The second-order valence-electron chi connectivity index (χ2n) is 3.96. The number of fused-ring (bicyclic) bond motifs is 1. The first-order chi connectivity index (χ1) is 6.54. The van der Waals surface area contributed by atoms with Gasteiger partial charge in [-0.05, 0) is 18.1 Å². The van der Waals surface area contributed by atoms with Gasteiger partial charge in [-0.3, -0.25) is 0 Å². The van der Waals surface area contributed by atoms with Gasteiger partial charge in [-0.15, -0.1) is 0 Å². The fraction of sp³-hybridized carbons (Fsp3) is 0.455. The van der Waals surface area contributed by atoms with Crippen LogP contribution < -0.4 is 10.1 Å². The molecule has 0 radical (unpaired) electrons. The first kappa shape index (κ1) is 9.31. The first-order valence-electron chi connectivity index (χ1n) is 4.79. The van der Waals surface area contributed by atoms with E-state index in [9.17, 15) is 4.39 Å². The third-order valence-electron chi connectivity index (χ3n) is 2.15. The van der Waals surface area contributed by atoms with Crippen molar-refractivity contribution in [2.75, 3.05) is 11.9 Å². The molecule has 1 N–H and O–H groups in total. The summed E-state index contributed by atoms with van der Waals surface area (Å²) in [5.41, 5.74) is 2.33. The zero-order valence-electron chi connectivity index (χ0n) is 8.43. The number of hydrogen-bond donors (Lipinski definition) is 1. The number of alkyl halides is 1. The van der Waals surface area contributed by atoms with Crippen LogP contribution in [0.1, 0.15) is 19.4 Å². The zero-order valence-corrected chi connectivity index (χ0v) is 8.43. The normalized spacial score (nSPS) is 14.8. The van der Waals surface area contributed by atoms with Crippen molar-refractivity contribution in [3.05, 3.63) is 23.8 Å². The highest BCUT2D eigenvalue weighted by Crippen LogP contribution is 2.28. The molecular formula is C11H14FNO. The monoisotopic (exact) mass is 195 g/mol. The maximum absolute atomic E-state index is 13.2. The average molecular weight is 195 g/mol. The van der Waals surface area contributed by atoms with E-state index in [-0.39, 0.29) is 0 Å². The number of benzene rings is 1. The van der Waals surface area contributed by atoms with Gasteiger partial charge in [0.05, 0.1) is 0 Å². The van der Waals surface area contributed by atoms with Gasteiger partial charge in [-0.2, -0.15) is 4.39 Å². The van der Waals surface area contributed by atoms with E-state index < -0.39 is 5.85 Å². The molecule has 0 aliphatic carbocycles. The Morgan fingerprint density at radius 3 is 2.93 bits per heavy atom. The number of hydrogen-bond acceptors (Lipinski definition) is 2. The van der Waals surface area contributed by atoms with Crippen molar-refractivity contribution in [1.82, 2.24) is 0 Å². The molecule has 1 heterocycles. The summed E-state index contributed by atoms with van der Waals surface area (Å²) in [6, 6.07) is 5.65. The molecule has 76 valence electrons. The average Bonchev–Trinajstić information content (AvgIpc) is 2.47. The minimum Gasteiger partial charge on any atom is -0.458 e. The van der Waals surface area contributed by atoms with Crippen molar-refractivity contribution in [1.29, 1.82) is 0 Å². The van der Waals surface area contributed by atoms with Crippen LogP contribution in [-0.4, -0.2) is 12.4 Å². The lowest BCUT2D eigenvalue weighted by molar-refractivity contribution is -0.0256.